The smallest absolute Gasteiger partial charge is 0.230 e. The molecule has 2 bridgehead atoms. The molecule has 0 aliphatic carbocycles. The minimum Gasteiger partial charge on any atom is -0.360 e. The van der Waals surface area contributed by atoms with Gasteiger partial charge in [-0.1, -0.05) is 60.7 Å². The molecule has 4 heterocycles. The standard InChI is InChI=1S/C25H25N3O3/c1-27(14-6-10-18-7-3-2-4-8-18)23(29)21-20-11-12-25(31-20)17-28(24(30)22(21)25)16-19-9-5-13-26-15-19/h2-13,15,20-22H,14,16-17H2,1H3/b10-6+/t20-,21?,22?,25-/m0/s1. The summed E-state index contributed by atoms with van der Waals surface area (Å²) in [7, 11) is 1.78. The van der Waals surface area contributed by atoms with Crippen LogP contribution >= 0.6 is 0 Å². The molecule has 4 atom stereocenters. The Labute approximate surface area is 181 Å². The Kier molecular flexibility index (Phi) is 4.94. The zero-order chi connectivity index (χ0) is 21.4. The van der Waals surface area contributed by atoms with Crippen LogP contribution in [0.25, 0.3) is 6.08 Å². The first-order chi connectivity index (χ1) is 15.1. The van der Waals surface area contributed by atoms with Crippen molar-refractivity contribution in [3.8, 4) is 0 Å². The lowest BCUT2D eigenvalue weighted by molar-refractivity contribution is -0.142. The third kappa shape index (κ3) is 3.47. The van der Waals surface area contributed by atoms with E-state index in [9.17, 15) is 9.59 Å². The number of fused-ring (bicyclic) bond motifs is 1. The lowest BCUT2D eigenvalue weighted by Crippen LogP contribution is -2.44. The molecule has 2 amide bonds. The Balaban J connectivity index is 1.30. The summed E-state index contributed by atoms with van der Waals surface area (Å²) in [5.74, 6) is -1.00. The Morgan fingerprint density at radius 1 is 1.29 bits per heavy atom. The fraction of sp³-hybridized carbons (Fsp3) is 0.320. The molecule has 3 aliphatic rings. The summed E-state index contributed by atoms with van der Waals surface area (Å²) >= 11 is 0. The van der Waals surface area contributed by atoms with Gasteiger partial charge in [0.25, 0.3) is 0 Å². The first kappa shape index (κ1) is 19.7. The van der Waals surface area contributed by atoms with Crippen LogP contribution < -0.4 is 0 Å². The SMILES string of the molecule is CN(C/C=C/c1ccccc1)C(=O)C1C2C(=O)N(Cc3cccnc3)C[C@@]23C=C[C@@H]1O3. The van der Waals surface area contributed by atoms with Crippen molar-refractivity contribution < 1.29 is 14.3 Å². The number of amides is 2. The van der Waals surface area contributed by atoms with Crippen molar-refractivity contribution in [2.24, 2.45) is 11.8 Å². The summed E-state index contributed by atoms with van der Waals surface area (Å²) in [5, 5.41) is 0. The van der Waals surface area contributed by atoms with Gasteiger partial charge in [-0.3, -0.25) is 14.6 Å². The van der Waals surface area contributed by atoms with E-state index in [0.29, 0.717) is 19.6 Å². The molecule has 0 N–H and O–H groups in total. The van der Waals surface area contributed by atoms with Crippen LogP contribution in [0.15, 0.2) is 73.1 Å². The summed E-state index contributed by atoms with van der Waals surface area (Å²) in [4.78, 5) is 34.3. The molecule has 1 aromatic heterocycles. The molecule has 31 heavy (non-hydrogen) atoms. The highest BCUT2D eigenvalue weighted by molar-refractivity contribution is 5.93. The van der Waals surface area contributed by atoms with Gasteiger partial charge in [0.05, 0.1) is 24.5 Å². The van der Waals surface area contributed by atoms with E-state index in [2.05, 4.69) is 4.98 Å². The topological polar surface area (TPSA) is 62.7 Å². The van der Waals surface area contributed by atoms with E-state index in [1.807, 2.05) is 66.8 Å². The molecule has 2 saturated heterocycles. The zero-order valence-electron chi connectivity index (χ0n) is 17.4. The fourth-order valence-corrected chi connectivity index (χ4v) is 4.96. The van der Waals surface area contributed by atoms with E-state index in [0.717, 1.165) is 11.1 Å². The number of hydrogen-bond donors (Lipinski definition) is 0. The highest BCUT2D eigenvalue weighted by atomic mass is 16.5. The molecule has 2 unspecified atom stereocenters. The van der Waals surface area contributed by atoms with Gasteiger partial charge in [-0.2, -0.15) is 0 Å². The predicted molar refractivity (Wildman–Crippen MR) is 116 cm³/mol. The molecule has 0 saturated carbocycles. The lowest BCUT2D eigenvalue weighted by Gasteiger charge is -2.27. The zero-order valence-corrected chi connectivity index (χ0v) is 17.4. The fourth-order valence-electron chi connectivity index (χ4n) is 4.96. The second-order valence-electron chi connectivity index (χ2n) is 8.49. The molecule has 1 spiro atoms. The Morgan fingerprint density at radius 2 is 2.13 bits per heavy atom. The number of nitrogens with zero attached hydrogens (tertiary/aromatic N) is 3. The molecule has 6 nitrogen and oxygen atoms in total. The first-order valence-corrected chi connectivity index (χ1v) is 10.6. The number of likely N-dealkylation sites (tertiary alicyclic amines) is 1. The van der Waals surface area contributed by atoms with Gasteiger partial charge in [0.2, 0.25) is 11.8 Å². The van der Waals surface area contributed by atoms with Crippen LogP contribution in [0.5, 0.6) is 0 Å². The highest BCUT2D eigenvalue weighted by Gasteiger charge is 2.67. The molecular formula is C25H25N3O3. The first-order valence-electron chi connectivity index (χ1n) is 10.6. The van der Waals surface area contributed by atoms with Crippen molar-refractivity contribution in [2.75, 3.05) is 20.1 Å². The van der Waals surface area contributed by atoms with Crippen LogP contribution in [0.4, 0.5) is 0 Å². The molecule has 2 aromatic rings. The number of pyridine rings is 1. The average molecular weight is 415 g/mol. The maximum Gasteiger partial charge on any atom is 0.230 e. The Morgan fingerprint density at radius 3 is 2.90 bits per heavy atom. The van der Waals surface area contributed by atoms with Crippen molar-refractivity contribution in [2.45, 2.75) is 18.2 Å². The van der Waals surface area contributed by atoms with Gasteiger partial charge in [-0.25, -0.2) is 0 Å². The summed E-state index contributed by atoms with van der Waals surface area (Å²) < 4.78 is 6.23. The summed E-state index contributed by atoms with van der Waals surface area (Å²) in [5.41, 5.74) is 1.37. The number of carbonyl (C=O) groups excluding carboxylic acids is 2. The number of hydrogen-bond acceptors (Lipinski definition) is 4. The van der Waals surface area contributed by atoms with Crippen molar-refractivity contribution in [3.63, 3.8) is 0 Å². The predicted octanol–water partition coefficient (Wildman–Crippen LogP) is 2.54. The summed E-state index contributed by atoms with van der Waals surface area (Å²) in [6.45, 7) is 1.43. The van der Waals surface area contributed by atoms with Crippen LogP contribution in [0, 0.1) is 11.8 Å². The third-order valence-electron chi connectivity index (χ3n) is 6.43. The second-order valence-corrected chi connectivity index (χ2v) is 8.49. The van der Waals surface area contributed by atoms with E-state index in [-0.39, 0.29) is 17.9 Å². The van der Waals surface area contributed by atoms with E-state index in [4.69, 9.17) is 4.74 Å². The van der Waals surface area contributed by atoms with Gasteiger partial charge in [0.15, 0.2) is 0 Å². The molecule has 5 rings (SSSR count). The average Bonchev–Trinajstić information content (AvgIpc) is 3.43. The number of likely N-dealkylation sites (N-methyl/N-ethyl adjacent to an activating group) is 1. The normalized spacial score (nSPS) is 28.5. The number of carbonyl (C=O) groups is 2. The number of rotatable bonds is 6. The molecule has 6 heteroatoms. The quantitative estimate of drug-likeness (QED) is 0.681. The van der Waals surface area contributed by atoms with E-state index < -0.39 is 17.4 Å². The van der Waals surface area contributed by atoms with E-state index >= 15 is 0 Å². The van der Waals surface area contributed by atoms with Gasteiger partial charge < -0.3 is 14.5 Å². The minimum absolute atomic E-state index is 0.0118. The third-order valence-corrected chi connectivity index (χ3v) is 6.43. The van der Waals surface area contributed by atoms with Gasteiger partial charge in [-0.15, -0.1) is 0 Å². The van der Waals surface area contributed by atoms with Crippen LogP contribution in [0.2, 0.25) is 0 Å². The largest absolute Gasteiger partial charge is 0.360 e. The highest BCUT2D eigenvalue weighted by Crippen LogP contribution is 2.52. The van der Waals surface area contributed by atoms with Crippen LogP contribution in [-0.4, -0.2) is 58.4 Å². The van der Waals surface area contributed by atoms with Crippen molar-refractivity contribution in [3.05, 3.63) is 84.2 Å². The number of aromatic nitrogens is 1. The molecule has 3 aliphatic heterocycles. The monoisotopic (exact) mass is 415 g/mol. The van der Waals surface area contributed by atoms with E-state index in [1.165, 1.54) is 0 Å². The molecule has 2 fully saturated rings. The van der Waals surface area contributed by atoms with Crippen LogP contribution in [0.3, 0.4) is 0 Å². The number of ether oxygens (including phenoxy) is 1. The summed E-state index contributed by atoms with van der Waals surface area (Å²) in [6, 6.07) is 13.8. The van der Waals surface area contributed by atoms with Crippen molar-refractivity contribution >= 4 is 17.9 Å². The van der Waals surface area contributed by atoms with Crippen LogP contribution in [-0.2, 0) is 20.9 Å². The number of benzene rings is 1. The van der Waals surface area contributed by atoms with Gasteiger partial charge in [0, 0.05) is 32.5 Å². The maximum atomic E-state index is 13.3. The maximum absolute atomic E-state index is 13.3. The molecule has 1 aromatic carbocycles. The van der Waals surface area contributed by atoms with Crippen LogP contribution in [0.1, 0.15) is 11.1 Å². The van der Waals surface area contributed by atoms with Gasteiger partial charge >= 0.3 is 0 Å². The van der Waals surface area contributed by atoms with E-state index in [1.54, 1.807) is 29.2 Å². The molecule has 0 radical (unpaired) electrons. The minimum atomic E-state index is -0.689. The van der Waals surface area contributed by atoms with Crippen molar-refractivity contribution in [1.29, 1.82) is 0 Å². The summed E-state index contributed by atoms with van der Waals surface area (Å²) in [6.07, 6.45) is 11.1. The Bertz CT molecular complexity index is 1040. The molecule has 158 valence electrons. The lowest BCUT2D eigenvalue weighted by atomic mass is 9.76. The Hall–Kier alpha value is -3.25. The van der Waals surface area contributed by atoms with Crippen molar-refractivity contribution in [1.82, 2.24) is 14.8 Å². The van der Waals surface area contributed by atoms with Gasteiger partial charge in [-0.05, 0) is 17.2 Å². The van der Waals surface area contributed by atoms with Gasteiger partial charge in [0.1, 0.15) is 5.60 Å². The second kappa shape index (κ2) is 7.78. The molecular weight excluding hydrogens is 390 g/mol.